The average Bonchev–Trinajstić information content (AvgIpc) is 3.46. The van der Waals surface area contributed by atoms with Crippen LogP contribution < -0.4 is 5.32 Å². The number of hydrogen-bond donors (Lipinski definition) is 1. The van der Waals surface area contributed by atoms with Gasteiger partial charge in [0.15, 0.2) is 11.0 Å². The number of nitriles is 1. The number of rotatable bonds is 7. The van der Waals surface area contributed by atoms with Crippen LogP contribution in [0.2, 0.25) is 0 Å². The van der Waals surface area contributed by atoms with Crippen molar-refractivity contribution in [3.8, 4) is 11.8 Å². The Morgan fingerprint density at radius 1 is 1.34 bits per heavy atom. The standard InChI is InChI=1S/C22H23FN6OS2/c1-13(28(2)3)20-26-27-22(29(20)15-9-7-14(23)8-10-15)31-12-19(30)25-21-17(11-24)16-5-4-6-18(16)32-21/h7-10,13H,4-6,12H2,1-3H3,(H,25,30)/t13-/m1/s1. The third-order valence-electron chi connectivity index (χ3n) is 5.51. The van der Waals surface area contributed by atoms with E-state index >= 15 is 0 Å². The molecule has 1 aliphatic rings. The number of thiophene rings is 1. The smallest absolute Gasteiger partial charge is 0.235 e. The van der Waals surface area contributed by atoms with Gasteiger partial charge in [-0.2, -0.15) is 5.26 Å². The number of fused-ring (bicyclic) bond motifs is 1. The SMILES string of the molecule is C[C@H](c1nnc(SCC(=O)Nc2sc3c(c2C#N)CCC3)n1-c1ccc(F)cc1)N(C)C. The van der Waals surface area contributed by atoms with Crippen molar-refractivity contribution in [3.63, 3.8) is 0 Å². The Kier molecular flexibility index (Phi) is 6.60. The molecular formula is C22H23FN6OS2. The van der Waals surface area contributed by atoms with E-state index in [0.717, 1.165) is 30.5 Å². The Morgan fingerprint density at radius 3 is 2.78 bits per heavy atom. The summed E-state index contributed by atoms with van der Waals surface area (Å²) >= 11 is 2.75. The van der Waals surface area contributed by atoms with E-state index in [1.165, 1.54) is 40.1 Å². The number of nitrogens with one attached hydrogen (secondary N) is 1. The first-order valence-corrected chi connectivity index (χ1v) is 12.0. The highest BCUT2D eigenvalue weighted by Gasteiger charge is 2.24. The topological polar surface area (TPSA) is 86.8 Å². The fourth-order valence-corrected chi connectivity index (χ4v) is 5.63. The van der Waals surface area contributed by atoms with E-state index in [4.69, 9.17) is 0 Å². The van der Waals surface area contributed by atoms with Crippen molar-refractivity contribution < 1.29 is 9.18 Å². The lowest BCUT2D eigenvalue weighted by atomic mass is 10.1. The summed E-state index contributed by atoms with van der Waals surface area (Å²) < 4.78 is 15.3. The molecule has 4 rings (SSSR count). The van der Waals surface area contributed by atoms with Crippen LogP contribution in [0.1, 0.15) is 41.2 Å². The van der Waals surface area contributed by atoms with Gasteiger partial charge < -0.3 is 5.32 Å². The highest BCUT2D eigenvalue weighted by molar-refractivity contribution is 7.99. The van der Waals surface area contributed by atoms with E-state index in [1.54, 1.807) is 12.1 Å². The molecule has 0 aliphatic heterocycles. The predicted octanol–water partition coefficient (Wildman–Crippen LogP) is 4.18. The molecule has 0 saturated carbocycles. The molecule has 2 heterocycles. The molecule has 0 fully saturated rings. The quantitative estimate of drug-likeness (QED) is 0.521. The van der Waals surface area contributed by atoms with Gasteiger partial charge in [0.2, 0.25) is 5.91 Å². The third kappa shape index (κ3) is 4.41. The van der Waals surface area contributed by atoms with E-state index < -0.39 is 0 Å². The van der Waals surface area contributed by atoms with Crippen molar-refractivity contribution in [1.82, 2.24) is 19.7 Å². The normalized spacial score (nSPS) is 13.8. The minimum atomic E-state index is -0.325. The molecule has 1 amide bonds. The van der Waals surface area contributed by atoms with Gasteiger partial charge >= 0.3 is 0 Å². The molecule has 1 aliphatic carbocycles. The highest BCUT2D eigenvalue weighted by atomic mass is 32.2. The molecule has 10 heteroatoms. The van der Waals surface area contributed by atoms with Crippen LogP contribution in [-0.4, -0.2) is 45.4 Å². The summed E-state index contributed by atoms with van der Waals surface area (Å²) in [5, 5.41) is 22.2. The number of nitrogens with zero attached hydrogens (tertiary/aromatic N) is 5. The van der Waals surface area contributed by atoms with Gasteiger partial charge in [-0.05, 0) is 70.1 Å². The van der Waals surface area contributed by atoms with Crippen LogP contribution in [0, 0.1) is 17.1 Å². The summed E-state index contributed by atoms with van der Waals surface area (Å²) in [5.41, 5.74) is 2.40. The maximum Gasteiger partial charge on any atom is 0.235 e. The number of benzene rings is 1. The molecule has 1 N–H and O–H groups in total. The second-order valence-corrected chi connectivity index (χ2v) is 9.85. The molecule has 2 aromatic heterocycles. The first kappa shape index (κ1) is 22.5. The van der Waals surface area contributed by atoms with Crippen LogP contribution in [0.4, 0.5) is 9.39 Å². The number of carbonyl (C=O) groups excluding carboxylic acids is 1. The molecule has 32 heavy (non-hydrogen) atoms. The van der Waals surface area contributed by atoms with Crippen molar-refractivity contribution in [2.24, 2.45) is 0 Å². The fraction of sp³-hybridized carbons (Fsp3) is 0.364. The first-order chi connectivity index (χ1) is 15.4. The number of aryl methyl sites for hydroxylation is 1. The molecule has 0 bridgehead atoms. The van der Waals surface area contributed by atoms with E-state index in [0.29, 0.717) is 21.5 Å². The Morgan fingerprint density at radius 2 is 2.09 bits per heavy atom. The summed E-state index contributed by atoms with van der Waals surface area (Å²) in [7, 11) is 3.89. The van der Waals surface area contributed by atoms with Crippen LogP contribution in [0.25, 0.3) is 5.69 Å². The molecular weight excluding hydrogens is 447 g/mol. The number of halogens is 1. The van der Waals surface area contributed by atoms with Gasteiger partial charge in [-0.25, -0.2) is 4.39 Å². The van der Waals surface area contributed by atoms with Crippen molar-refractivity contribution in [2.75, 3.05) is 25.2 Å². The van der Waals surface area contributed by atoms with E-state index in [2.05, 4.69) is 21.6 Å². The van der Waals surface area contributed by atoms with E-state index in [9.17, 15) is 14.4 Å². The van der Waals surface area contributed by atoms with E-state index in [1.807, 2.05) is 30.5 Å². The van der Waals surface area contributed by atoms with Crippen LogP contribution in [0.5, 0.6) is 0 Å². The molecule has 0 spiro atoms. The van der Waals surface area contributed by atoms with Gasteiger partial charge in [0.25, 0.3) is 0 Å². The van der Waals surface area contributed by atoms with Crippen molar-refractivity contribution in [1.29, 1.82) is 5.26 Å². The molecule has 3 aromatic rings. The number of anilines is 1. The van der Waals surface area contributed by atoms with Gasteiger partial charge in [0.1, 0.15) is 16.9 Å². The number of amides is 1. The predicted molar refractivity (Wildman–Crippen MR) is 124 cm³/mol. The number of hydrogen-bond acceptors (Lipinski definition) is 7. The zero-order valence-corrected chi connectivity index (χ0v) is 19.7. The number of aromatic nitrogens is 3. The van der Waals surface area contributed by atoms with Crippen LogP contribution in [0.15, 0.2) is 29.4 Å². The summed E-state index contributed by atoms with van der Waals surface area (Å²) in [6.45, 7) is 2.00. The fourth-order valence-electron chi connectivity index (χ4n) is 3.61. The van der Waals surface area contributed by atoms with Crippen molar-refractivity contribution in [3.05, 3.63) is 51.9 Å². The number of thioether (sulfide) groups is 1. The summed E-state index contributed by atoms with van der Waals surface area (Å²) in [5.74, 6) is 0.283. The molecule has 0 radical (unpaired) electrons. The Hall–Kier alpha value is -2.74. The zero-order chi connectivity index (χ0) is 22.8. The Labute approximate surface area is 194 Å². The van der Waals surface area contributed by atoms with Gasteiger partial charge in [0.05, 0.1) is 17.4 Å². The van der Waals surface area contributed by atoms with Crippen molar-refractivity contribution in [2.45, 2.75) is 37.4 Å². The van der Waals surface area contributed by atoms with Crippen LogP contribution >= 0.6 is 23.1 Å². The summed E-state index contributed by atoms with van der Waals surface area (Å²) in [4.78, 5) is 15.9. The Balaban J connectivity index is 1.54. The molecule has 7 nitrogen and oxygen atoms in total. The lowest BCUT2D eigenvalue weighted by Gasteiger charge is -2.20. The maximum absolute atomic E-state index is 13.5. The third-order valence-corrected chi connectivity index (χ3v) is 7.65. The minimum Gasteiger partial charge on any atom is -0.316 e. The van der Waals surface area contributed by atoms with Gasteiger partial charge in [0, 0.05) is 10.6 Å². The van der Waals surface area contributed by atoms with Gasteiger partial charge in [-0.3, -0.25) is 14.3 Å². The number of carbonyl (C=O) groups is 1. The zero-order valence-electron chi connectivity index (χ0n) is 18.1. The van der Waals surface area contributed by atoms with Crippen LogP contribution in [-0.2, 0) is 17.6 Å². The largest absolute Gasteiger partial charge is 0.316 e. The molecule has 1 atom stereocenters. The second kappa shape index (κ2) is 9.40. The lowest BCUT2D eigenvalue weighted by Crippen LogP contribution is -2.21. The minimum absolute atomic E-state index is 0.0394. The lowest BCUT2D eigenvalue weighted by molar-refractivity contribution is -0.113. The molecule has 0 unspecified atom stereocenters. The Bertz CT molecular complexity index is 1180. The average molecular weight is 471 g/mol. The van der Waals surface area contributed by atoms with Gasteiger partial charge in [-0.1, -0.05) is 11.8 Å². The second-order valence-electron chi connectivity index (χ2n) is 7.80. The first-order valence-electron chi connectivity index (χ1n) is 10.2. The summed E-state index contributed by atoms with van der Waals surface area (Å²) in [6, 6.07) is 8.32. The van der Waals surface area contributed by atoms with Gasteiger partial charge in [-0.15, -0.1) is 21.5 Å². The maximum atomic E-state index is 13.5. The van der Waals surface area contributed by atoms with Crippen molar-refractivity contribution >= 4 is 34.0 Å². The molecule has 0 saturated heterocycles. The monoisotopic (exact) mass is 470 g/mol. The molecule has 166 valence electrons. The van der Waals surface area contributed by atoms with Crippen LogP contribution in [0.3, 0.4) is 0 Å². The highest BCUT2D eigenvalue weighted by Crippen LogP contribution is 2.38. The van der Waals surface area contributed by atoms with E-state index in [-0.39, 0.29) is 23.5 Å². The summed E-state index contributed by atoms with van der Waals surface area (Å²) in [6.07, 6.45) is 2.92. The molecule has 1 aromatic carbocycles.